The second-order valence-corrected chi connectivity index (χ2v) is 4.28. The molecule has 0 spiro atoms. The van der Waals surface area contributed by atoms with Crippen molar-refractivity contribution >= 4 is 5.82 Å². The van der Waals surface area contributed by atoms with Gasteiger partial charge in [-0.2, -0.15) is 0 Å². The maximum absolute atomic E-state index is 5.81. The lowest BCUT2D eigenvalue weighted by Crippen LogP contribution is -2.01. The summed E-state index contributed by atoms with van der Waals surface area (Å²) in [6.45, 7) is 3.98. The molecule has 2 N–H and O–H groups in total. The summed E-state index contributed by atoms with van der Waals surface area (Å²) >= 11 is 0. The third kappa shape index (κ3) is 2.31. The topological polar surface area (TPSA) is 70.3 Å². The quantitative estimate of drug-likeness (QED) is 0.916. The van der Waals surface area contributed by atoms with Crippen LogP contribution in [0.5, 0.6) is 11.5 Å². The Bertz CT molecular complexity index is 612. The summed E-state index contributed by atoms with van der Waals surface area (Å²) in [6.07, 6.45) is 1.44. The molecule has 0 fully saturated rings. The van der Waals surface area contributed by atoms with Gasteiger partial charge >= 0.3 is 0 Å². The molecule has 0 unspecified atom stereocenters. The largest absolute Gasteiger partial charge is 0.496 e. The number of hydrogen-bond acceptors (Lipinski definition) is 5. The van der Waals surface area contributed by atoms with Crippen molar-refractivity contribution in [3.05, 3.63) is 29.6 Å². The first-order chi connectivity index (χ1) is 9.08. The molecular formula is C14H17N3O2. The predicted octanol–water partition coefficient (Wildman–Crippen LogP) is 2.36. The minimum absolute atomic E-state index is 0.334. The number of methoxy groups -OCH3 is 2. The highest BCUT2D eigenvalue weighted by Crippen LogP contribution is 2.35. The third-order valence-electron chi connectivity index (χ3n) is 3.03. The summed E-state index contributed by atoms with van der Waals surface area (Å²) in [6, 6.07) is 3.99. The number of nitrogens with zero attached hydrogens (tertiary/aromatic N) is 2. The first-order valence-electron chi connectivity index (χ1n) is 5.88. The van der Waals surface area contributed by atoms with Crippen molar-refractivity contribution < 1.29 is 9.47 Å². The van der Waals surface area contributed by atoms with Crippen molar-refractivity contribution in [2.24, 2.45) is 0 Å². The van der Waals surface area contributed by atoms with Gasteiger partial charge in [-0.25, -0.2) is 9.97 Å². The van der Waals surface area contributed by atoms with Gasteiger partial charge in [0.2, 0.25) is 0 Å². The van der Waals surface area contributed by atoms with Gasteiger partial charge in [0.25, 0.3) is 0 Å². The van der Waals surface area contributed by atoms with E-state index in [2.05, 4.69) is 9.97 Å². The molecule has 0 aliphatic rings. The second-order valence-electron chi connectivity index (χ2n) is 4.28. The van der Waals surface area contributed by atoms with E-state index < -0.39 is 0 Å². The van der Waals surface area contributed by atoms with Gasteiger partial charge in [0.05, 0.1) is 14.2 Å². The minimum atomic E-state index is 0.334. The normalized spacial score (nSPS) is 10.3. The van der Waals surface area contributed by atoms with Gasteiger partial charge in [-0.05, 0) is 37.1 Å². The summed E-state index contributed by atoms with van der Waals surface area (Å²) in [5.74, 6) is 1.68. The van der Waals surface area contributed by atoms with E-state index in [0.717, 1.165) is 22.4 Å². The molecule has 0 radical (unpaired) electrons. The van der Waals surface area contributed by atoms with Crippen molar-refractivity contribution in [3.63, 3.8) is 0 Å². The third-order valence-corrected chi connectivity index (χ3v) is 3.03. The van der Waals surface area contributed by atoms with Crippen molar-refractivity contribution in [1.82, 2.24) is 9.97 Å². The van der Waals surface area contributed by atoms with Crippen LogP contribution in [0.2, 0.25) is 0 Å². The second kappa shape index (κ2) is 5.14. The summed E-state index contributed by atoms with van der Waals surface area (Å²) < 4.78 is 10.6. The molecule has 1 heterocycles. The molecule has 2 aromatic rings. The molecule has 0 aliphatic carbocycles. The number of anilines is 1. The van der Waals surface area contributed by atoms with E-state index in [9.17, 15) is 0 Å². The molecule has 5 nitrogen and oxygen atoms in total. The molecule has 2 rings (SSSR count). The fourth-order valence-corrected chi connectivity index (χ4v) is 2.05. The van der Waals surface area contributed by atoms with E-state index in [1.807, 2.05) is 26.0 Å². The number of aromatic nitrogens is 2. The molecule has 1 aromatic heterocycles. The van der Waals surface area contributed by atoms with Crippen molar-refractivity contribution in [1.29, 1.82) is 0 Å². The van der Waals surface area contributed by atoms with Gasteiger partial charge in [0.15, 0.2) is 11.6 Å². The van der Waals surface area contributed by atoms with E-state index in [-0.39, 0.29) is 0 Å². The highest BCUT2D eigenvalue weighted by Gasteiger charge is 2.15. The molecule has 0 amide bonds. The van der Waals surface area contributed by atoms with E-state index in [1.165, 1.54) is 6.33 Å². The Morgan fingerprint density at radius 1 is 1.00 bits per heavy atom. The van der Waals surface area contributed by atoms with Gasteiger partial charge < -0.3 is 15.2 Å². The first-order valence-corrected chi connectivity index (χ1v) is 5.88. The van der Waals surface area contributed by atoms with Crippen LogP contribution in [-0.2, 0) is 0 Å². The first kappa shape index (κ1) is 13.1. The smallest absolute Gasteiger partial charge is 0.187 e. The van der Waals surface area contributed by atoms with Crippen molar-refractivity contribution in [2.75, 3.05) is 20.0 Å². The molecule has 19 heavy (non-hydrogen) atoms. The monoisotopic (exact) mass is 259 g/mol. The maximum atomic E-state index is 5.81. The van der Waals surface area contributed by atoms with Crippen LogP contribution in [0.4, 0.5) is 5.82 Å². The summed E-state index contributed by atoms with van der Waals surface area (Å²) in [4.78, 5) is 8.22. The lowest BCUT2D eigenvalue weighted by Gasteiger charge is -2.13. The number of ether oxygens (including phenoxy) is 2. The maximum Gasteiger partial charge on any atom is 0.187 e. The standard InChI is InChI=1S/C14H17N3O2/c1-8-6-11(18-3)9(2)5-10(8)12-13(19-4)14(15)17-7-16-12/h5-7H,1-4H3,(H2,15,16,17). The fourth-order valence-electron chi connectivity index (χ4n) is 2.05. The Morgan fingerprint density at radius 3 is 2.37 bits per heavy atom. The highest BCUT2D eigenvalue weighted by atomic mass is 16.5. The summed E-state index contributed by atoms with van der Waals surface area (Å²) in [5, 5.41) is 0. The van der Waals surface area contributed by atoms with Crippen molar-refractivity contribution in [3.8, 4) is 22.8 Å². The Morgan fingerprint density at radius 2 is 1.74 bits per heavy atom. The zero-order chi connectivity index (χ0) is 14.0. The molecule has 0 aliphatic heterocycles. The lowest BCUT2D eigenvalue weighted by atomic mass is 10.0. The molecule has 5 heteroatoms. The van der Waals surface area contributed by atoms with Crippen LogP contribution in [0.3, 0.4) is 0 Å². The number of hydrogen-bond donors (Lipinski definition) is 1. The average molecular weight is 259 g/mol. The van der Waals surface area contributed by atoms with Gasteiger partial charge in [-0.1, -0.05) is 0 Å². The van der Waals surface area contributed by atoms with E-state index in [4.69, 9.17) is 15.2 Å². The highest BCUT2D eigenvalue weighted by molar-refractivity contribution is 5.75. The van der Waals surface area contributed by atoms with Gasteiger partial charge in [-0.15, -0.1) is 0 Å². The van der Waals surface area contributed by atoms with Crippen LogP contribution >= 0.6 is 0 Å². The Balaban J connectivity index is 2.66. The molecule has 0 saturated carbocycles. The predicted molar refractivity (Wildman–Crippen MR) is 74.5 cm³/mol. The van der Waals surface area contributed by atoms with Gasteiger partial charge in [0.1, 0.15) is 17.8 Å². The molecule has 0 saturated heterocycles. The SMILES string of the molecule is COc1cc(C)c(-c2ncnc(N)c2OC)cc1C. The molecule has 100 valence electrons. The average Bonchev–Trinajstić information content (AvgIpc) is 2.40. The van der Waals surface area contributed by atoms with Crippen molar-refractivity contribution in [2.45, 2.75) is 13.8 Å². The molecule has 1 aromatic carbocycles. The van der Waals surface area contributed by atoms with Crippen LogP contribution in [0.1, 0.15) is 11.1 Å². The fraction of sp³-hybridized carbons (Fsp3) is 0.286. The number of nitrogens with two attached hydrogens (primary N) is 1. The molecule has 0 atom stereocenters. The van der Waals surface area contributed by atoms with E-state index >= 15 is 0 Å². The molecule has 0 bridgehead atoms. The number of rotatable bonds is 3. The Hall–Kier alpha value is -2.30. The zero-order valence-corrected chi connectivity index (χ0v) is 11.5. The van der Waals surface area contributed by atoms with Crippen LogP contribution in [0, 0.1) is 13.8 Å². The van der Waals surface area contributed by atoms with Crippen LogP contribution in [0.15, 0.2) is 18.5 Å². The number of benzene rings is 1. The van der Waals surface area contributed by atoms with Crippen LogP contribution in [-0.4, -0.2) is 24.2 Å². The Labute approximate surface area is 112 Å². The van der Waals surface area contributed by atoms with Gasteiger partial charge in [-0.3, -0.25) is 0 Å². The lowest BCUT2D eigenvalue weighted by molar-refractivity contribution is 0.411. The number of nitrogen functional groups attached to an aromatic ring is 1. The van der Waals surface area contributed by atoms with E-state index in [1.54, 1.807) is 14.2 Å². The summed E-state index contributed by atoms with van der Waals surface area (Å²) in [5.41, 5.74) is 9.54. The van der Waals surface area contributed by atoms with Crippen LogP contribution < -0.4 is 15.2 Å². The summed E-state index contributed by atoms with van der Waals surface area (Å²) in [7, 11) is 3.22. The van der Waals surface area contributed by atoms with Gasteiger partial charge in [0, 0.05) is 5.56 Å². The minimum Gasteiger partial charge on any atom is -0.496 e. The molecular weight excluding hydrogens is 242 g/mol. The van der Waals surface area contributed by atoms with E-state index in [0.29, 0.717) is 17.3 Å². The number of aryl methyl sites for hydroxylation is 2. The zero-order valence-electron chi connectivity index (χ0n) is 11.5. The Kier molecular flexibility index (Phi) is 3.55. The van der Waals surface area contributed by atoms with Crippen LogP contribution in [0.25, 0.3) is 11.3 Å².